The molecule has 3 aromatic rings. The van der Waals surface area contributed by atoms with E-state index in [2.05, 4.69) is 6.07 Å². The monoisotopic (exact) mass is 431 g/mol. The molecule has 3 rings (SSSR count). The van der Waals surface area contributed by atoms with Gasteiger partial charge in [0.1, 0.15) is 6.61 Å². The molecule has 0 radical (unpaired) electrons. The van der Waals surface area contributed by atoms with Crippen LogP contribution in [0.5, 0.6) is 11.5 Å². The van der Waals surface area contributed by atoms with Gasteiger partial charge in [0.15, 0.2) is 11.5 Å². The zero-order chi connectivity index (χ0) is 23.1. The lowest BCUT2D eigenvalue weighted by Crippen LogP contribution is -1.99. The van der Waals surface area contributed by atoms with Crippen LogP contribution in [-0.4, -0.2) is 17.0 Å². The number of nitriles is 1. The van der Waals surface area contributed by atoms with Crippen LogP contribution in [0, 0.1) is 31.6 Å². The minimum absolute atomic E-state index is 0.0243. The van der Waals surface area contributed by atoms with Crippen molar-refractivity contribution < 1.29 is 19.3 Å². The topological polar surface area (TPSA) is 129 Å². The lowest BCUT2D eigenvalue weighted by Gasteiger charge is -2.11. The van der Waals surface area contributed by atoms with Gasteiger partial charge in [0.25, 0.3) is 11.4 Å². The molecular weight excluding hydrogens is 414 g/mol. The zero-order valence-electron chi connectivity index (χ0n) is 16.9. The van der Waals surface area contributed by atoms with Gasteiger partial charge in [-0.2, -0.15) is 5.26 Å². The van der Waals surface area contributed by atoms with Crippen molar-refractivity contribution in [2.75, 3.05) is 7.11 Å². The van der Waals surface area contributed by atoms with Gasteiger partial charge in [-0.15, -0.1) is 0 Å². The van der Waals surface area contributed by atoms with Crippen LogP contribution >= 0.6 is 0 Å². The van der Waals surface area contributed by atoms with Gasteiger partial charge in [0.05, 0.1) is 28.6 Å². The third kappa shape index (κ3) is 5.25. The Morgan fingerprint density at radius 3 is 2.31 bits per heavy atom. The average molecular weight is 431 g/mol. The van der Waals surface area contributed by atoms with Gasteiger partial charge in [-0.1, -0.05) is 30.3 Å². The van der Waals surface area contributed by atoms with Crippen molar-refractivity contribution in [3.63, 3.8) is 0 Å². The van der Waals surface area contributed by atoms with Gasteiger partial charge in [0, 0.05) is 24.3 Å². The van der Waals surface area contributed by atoms with Crippen LogP contribution in [0.3, 0.4) is 0 Å². The number of methoxy groups -OCH3 is 1. The van der Waals surface area contributed by atoms with Crippen molar-refractivity contribution in [3.8, 4) is 17.6 Å². The van der Waals surface area contributed by atoms with Gasteiger partial charge < -0.3 is 9.47 Å². The molecule has 32 heavy (non-hydrogen) atoms. The van der Waals surface area contributed by atoms with E-state index in [0.29, 0.717) is 28.2 Å². The molecule has 0 saturated heterocycles. The number of hydrogen-bond acceptors (Lipinski definition) is 7. The van der Waals surface area contributed by atoms with E-state index in [0.717, 1.165) is 0 Å². The summed E-state index contributed by atoms with van der Waals surface area (Å²) in [7, 11) is 1.47. The third-order valence-corrected chi connectivity index (χ3v) is 4.50. The summed E-state index contributed by atoms with van der Waals surface area (Å²) in [6.07, 6.45) is 1.59. The second kappa shape index (κ2) is 9.86. The zero-order valence-corrected chi connectivity index (χ0v) is 16.9. The first-order chi connectivity index (χ1) is 15.4. The number of rotatable bonds is 8. The molecule has 3 aromatic carbocycles. The summed E-state index contributed by atoms with van der Waals surface area (Å²) in [6, 6.07) is 19.1. The van der Waals surface area contributed by atoms with E-state index in [1.807, 2.05) is 0 Å². The lowest BCUT2D eigenvalue weighted by molar-refractivity contribution is -0.385. The lowest BCUT2D eigenvalue weighted by atomic mass is 10.0. The standard InChI is InChI=1S/C23H17N3O6/c1-31-23-12-16(10-19(14-24)18-5-3-7-21(13-18)26(29)30)8-9-22(23)32-15-17-4-2-6-20(11-17)25(27)28/h2-13H,15H2,1H3. The van der Waals surface area contributed by atoms with Crippen LogP contribution < -0.4 is 9.47 Å². The van der Waals surface area contributed by atoms with E-state index in [1.165, 1.54) is 37.4 Å². The summed E-state index contributed by atoms with van der Waals surface area (Å²) in [5, 5.41) is 31.4. The molecule has 0 bridgehead atoms. The largest absolute Gasteiger partial charge is 0.493 e. The molecule has 0 aromatic heterocycles. The van der Waals surface area contributed by atoms with Gasteiger partial charge in [-0.3, -0.25) is 20.2 Å². The predicted octanol–water partition coefficient (Wildman–Crippen LogP) is 5.15. The molecule has 0 saturated carbocycles. The van der Waals surface area contributed by atoms with E-state index in [4.69, 9.17) is 9.47 Å². The maximum Gasteiger partial charge on any atom is 0.270 e. The fraction of sp³-hybridized carbons (Fsp3) is 0.0870. The average Bonchev–Trinajstić information content (AvgIpc) is 2.81. The normalized spacial score (nSPS) is 10.8. The van der Waals surface area contributed by atoms with Crippen molar-refractivity contribution in [2.45, 2.75) is 6.61 Å². The van der Waals surface area contributed by atoms with Crippen molar-refractivity contribution in [2.24, 2.45) is 0 Å². The first-order valence-electron chi connectivity index (χ1n) is 9.32. The summed E-state index contributed by atoms with van der Waals surface area (Å²) < 4.78 is 11.1. The highest BCUT2D eigenvalue weighted by atomic mass is 16.6. The molecular formula is C23H17N3O6. The molecule has 0 N–H and O–H groups in total. The number of non-ortho nitro benzene ring substituents is 2. The van der Waals surface area contributed by atoms with E-state index in [-0.39, 0.29) is 23.6 Å². The van der Waals surface area contributed by atoms with Crippen molar-refractivity contribution in [1.82, 2.24) is 0 Å². The Morgan fingerprint density at radius 2 is 1.66 bits per heavy atom. The minimum atomic E-state index is -0.519. The van der Waals surface area contributed by atoms with E-state index in [1.54, 1.807) is 42.5 Å². The fourth-order valence-corrected chi connectivity index (χ4v) is 2.95. The smallest absolute Gasteiger partial charge is 0.270 e. The molecule has 9 nitrogen and oxygen atoms in total. The van der Waals surface area contributed by atoms with E-state index in [9.17, 15) is 25.5 Å². The molecule has 0 amide bonds. The van der Waals surface area contributed by atoms with Crippen LogP contribution in [0.15, 0.2) is 66.7 Å². The number of nitrogens with zero attached hydrogens (tertiary/aromatic N) is 3. The molecule has 9 heteroatoms. The predicted molar refractivity (Wildman–Crippen MR) is 117 cm³/mol. The highest BCUT2D eigenvalue weighted by molar-refractivity contribution is 5.90. The highest BCUT2D eigenvalue weighted by Gasteiger charge is 2.11. The van der Waals surface area contributed by atoms with E-state index < -0.39 is 9.85 Å². The molecule has 0 unspecified atom stereocenters. The Hall–Kier alpha value is -4.71. The first kappa shape index (κ1) is 22.0. The summed E-state index contributed by atoms with van der Waals surface area (Å²) >= 11 is 0. The van der Waals surface area contributed by atoms with Crippen molar-refractivity contribution >= 4 is 23.0 Å². The highest BCUT2D eigenvalue weighted by Crippen LogP contribution is 2.31. The molecule has 0 fully saturated rings. The quantitative estimate of drug-likeness (QED) is 0.209. The number of allylic oxidation sites excluding steroid dienone is 1. The number of nitro groups is 2. The Labute approximate surface area is 183 Å². The Balaban J connectivity index is 1.83. The summed E-state index contributed by atoms with van der Waals surface area (Å²) in [5.74, 6) is 0.825. The van der Waals surface area contributed by atoms with Crippen LogP contribution in [0.25, 0.3) is 11.6 Å². The van der Waals surface area contributed by atoms with Crippen LogP contribution in [0.4, 0.5) is 11.4 Å². The molecule has 0 aliphatic heterocycles. The molecule has 0 aliphatic rings. The maximum atomic E-state index is 11.0. The Kier molecular flexibility index (Phi) is 6.78. The molecule has 160 valence electrons. The third-order valence-electron chi connectivity index (χ3n) is 4.50. The SMILES string of the molecule is COc1cc(C=C(C#N)c2cccc([N+](=O)[O-])c2)ccc1OCc1cccc([N+](=O)[O-])c1. The maximum absolute atomic E-state index is 11.0. The summed E-state index contributed by atoms with van der Waals surface area (Å²) in [5.41, 5.74) is 1.80. The summed E-state index contributed by atoms with van der Waals surface area (Å²) in [4.78, 5) is 20.9. The van der Waals surface area contributed by atoms with Gasteiger partial charge in [-0.05, 0) is 34.9 Å². The van der Waals surface area contributed by atoms with Crippen molar-refractivity contribution in [3.05, 3.63) is 104 Å². The second-order valence-corrected chi connectivity index (χ2v) is 6.60. The summed E-state index contributed by atoms with van der Waals surface area (Å²) in [6.45, 7) is 0.102. The first-order valence-corrected chi connectivity index (χ1v) is 9.32. The second-order valence-electron chi connectivity index (χ2n) is 6.60. The number of nitro benzene ring substituents is 2. The van der Waals surface area contributed by atoms with Gasteiger partial charge >= 0.3 is 0 Å². The Morgan fingerprint density at radius 1 is 0.969 bits per heavy atom. The number of hydrogen-bond donors (Lipinski definition) is 0. The molecule has 0 atom stereocenters. The van der Waals surface area contributed by atoms with Gasteiger partial charge in [0.2, 0.25) is 0 Å². The van der Waals surface area contributed by atoms with Crippen molar-refractivity contribution in [1.29, 1.82) is 5.26 Å². The Bertz CT molecular complexity index is 1250. The number of ether oxygens (including phenoxy) is 2. The van der Waals surface area contributed by atoms with Crippen LogP contribution in [0.2, 0.25) is 0 Å². The van der Waals surface area contributed by atoms with E-state index >= 15 is 0 Å². The van der Waals surface area contributed by atoms with Crippen LogP contribution in [0.1, 0.15) is 16.7 Å². The minimum Gasteiger partial charge on any atom is -0.493 e. The fourth-order valence-electron chi connectivity index (χ4n) is 2.95. The van der Waals surface area contributed by atoms with Crippen LogP contribution in [-0.2, 0) is 6.61 Å². The number of benzene rings is 3. The molecule has 0 spiro atoms. The molecule has 0 aliphatic carbocycles. The van der Waals surface area contributed by atoms with Gasteiger partial charge in [-0.25, -0.2) is 0 Å². The molecule has 0 heterocycles.